The second kappa shape index (κ2) is 5.92. The van der Waals surface area contributed by atoms with E-state index in [1.807, 2.05) is 12.1 Å². The molecular formula is C15H15ClN2O2. The molecular weight excluding hydrogens is 276 g/mol. The Morgan fingerprint density at radius 3 is 2.65 bits per heavy atom. The first-order valence-electron chi connectivity index (χ1n) is 6.22. The number of nitrogens with one attached hydrogen (secondary N) is 1. The lowest BCUT2D eigenvalue weighted by atomic mass is 10.1. The van der Waals surface area contributed by atoms with E-state index in [0.29, 0.717) is 11.6 Å². The summed E-state index contributed by atoms with van der Waals surface area (Å²) in [5.41, 5.74) is 4.28. The normalized spacial score (nSPS) is 10.3. The summed E-state index contributed by atoms with van der Waals surface area (Å²) < 4.78 is 0. The van der Waals surface area contributed by atoms with Crippen molar-refractivity contribution in [2.75, 3.05) is 5.32 Å². The molecule has 0 spiro atoms. The van der Waals surface area contributed by atoms with Gasteiger partial charge in [0.25, 0.3) is 5.69 Å². The van der Waals surface area contributed by atoms with E-state index < -0.39 is 4.92 Å². The maximum atomic E-state index is 10.7. The molecule has 5 heteroatoms. The predicted molar refractivity (Wildman–Crippen MR) is 81.3 cm³/mol. The summed E-state index contributed by atoms with van der Waals surface area (Å²) in [6.45, 7) is 4.63. The SMILES string of the molecule is Cc1cccc(NCc2ccc([N+](=O)[O-])cc2Cl)c1C. The highest BCUT2D eigenvalue weighted by Crippen LogP contribution is 2.24. The Bertz CT molecular complexity index is 656. The molecule has 1 N–H and O–H groups in total. The highest BCUT2D eigenvalue weighted by Gasteiger charge is 2.09. The van der Waals surface area contributed by atoms with Gasteiger partial charge in [-0.3, -0.25) is 10.1 Å². The molecule has 0 aliphatic heterocycles. The van der Waals surface area contributed by atoms with Gasteiger partial charge in [0.1, 0.15) is 0 Å². The summed E-state index contributed by atoms with van der Waals surface area (Å²) in [4.78, 5) is 10.2. The predicted octanol–water partition coefficient (Wildman–Crippen LogP) is 4.48. The molecule has 0 aliphatic rings. The first-order valence-corrected chi connectivity index (χ1v) is 6.59. The monoisotopic (exact) mass is 290 g/mol. The second-order valence-corrected chi connectivity index (χ2v) is 5.04. The van der Waals surface area contributed by atoms with Crippen molar-refractivity contribution < 1.29 is 4.92 Å². The molecule has 0 saturated carbocycles. The van der Waals surface area contributed by atoms with Crippen LogP contribution >= 0.6 is 11.6 Å². The Labute approximate surface area is 122 Å². The number of aryl methyl sites for hydroxylation is 1. The minimum absolute atomic E-state index is 0.00508. The Kier molecular flexibility index (Phi) is 4.25. The minimum Gasteiger partial charge on any atom is -0.381 e. The van der Waals surface area contributed by atoms with Crippen LogP contribution in [0.5, 0.6) is 0 Å². The first kappa shape index (κ1) is 14.3. The molecule has 0 amide bonds. The third-order valence-electron chi connectivity index (χ3n) is 3.32. The van der Waals surface area contributed by atoms with Gasteiger partial charge in [0.2, 0.25) is 0 Å². The maximum Gasteiger partial charge on any atom is 0.270 e. The van der Waals surface area contributed by atoms with Crippen molar-refractivity contribution in [3.8, 4) is 0 Å². The Hall–Kier alpha value is -2.07. The average molecular weight is 291 g/mol. The van der Waals surface area contributed by atoms with Gasteiger partial charge in [0.15, 0.2) is 0 Å². The molecule has 0 aromatic heterocycles. The number of rotatable bonds is 4. The fourth-order valence-corrected chi connectivity index (χ4v) is 2.17. The molecule has 20 heavy (non-hydrogen) atoms. The van der Waals surface area contributed by atoms with Gasteiger partial charge in [-0.05, 0) is 42.7 Å². The molecule has 0 heterocycles. The summed E-state index contributed by atoms with van der Waals surface area (Å²) in [7, 11) is 0. The van der Waals surface area contributed by atoms with E-state index in [0.717, 1.165) is 11.3 Å². The van der Waals surface area contributed by atoms with Gasteiger partial charge in [0, 0.05) is 24.4 Å². The van der Waals surface area contributed by atoms with Crippen LogP contribution in [0.1, 0.15) is 16.7 Å². The number of nitro benzene ring substituents is 1. The smallest absolute Gasteiger partial charge is 0.270 e. The number of halogens is 1. The van der Waals surface area contributed by atoms with Gasteiger partial charge in [-0.2, -0.15) is 0 Å². The number of nitrogens with zero attached hydrogens (tertiary/aromatic N) is 1. The van der Waals surface area contributed by atoms with Crippen LogP contribution in [0.4, 0.5) is 11.4 Å². The van der Waals surface area contributed by atoms with E-state index >= 15 is 0 Å². The maximum absolute atomic E-state index is 10.7. The number of benzene rings is 2. The van der Waals surface area contributed by atoms with E-state index in [1.54, 1.807) is 6.07 Å². The lowest BCUT2D eigenvalue weighted by Gasteiger charge is -2.12. The third-order valence-corrected chi connectivity index (χ3v) is 3.67. The third kappa shape index (κ3) is 3.08. The summed E-state index contributed by atoms with van der Waals surface area (Å²) in [5.74, 6) is 0. The first-order chi connectivity index (χ1) is 9.49. The van der Waals surface area contributed by atoms with Crippen LogP contribution in [0.3, 0.4) is 0 Å². The van der Waals surface area contributed by atoms with Crippen LogP contribution < -0.4 is 5.32 Å². The number of hydrogen-bond donors (Lipinski definition) is 1. The zero-order valence-electron chi connectivity index (χ0n) is 11.3. The van der Waals surface area contributed by atoms with Crippen LogP contribution in [-0.4, -0.2) is 4.92 Å². The topological polar surface area (TPSA) is 55.2 Å². The highest BCUT2D eigenvalue weighted by molar-refractivity contribution is 6.31. The van der Waals surface area contributed by atoms with E-state index in [2.05, 4.69) is 25.2 Å². The molecule has 0 bridgehead atoms. The van der Waals surface area contributed by atoms with Crippen molar-refractivity contribution >= 4 is 23.0 Å². The van der Waals surface area contributed by atoms with Gasteiger partial charge in [-0.25, -0.2) is 0 Å². The van der Waals surface area contributed by atoms with Crippen molar-refractivity contribution in [1.82, 2.24) is 0 Å². The number of anilines is 1. The molecule has 0 fully saturated rings. The largest absolute Gasteiger partial charge is 0.381 e. The molecule has 4 nitrogen and oxygen atoms in total. The lowest BCUT2D eigenvalue weighted by Crippen LogP contribution is -2.02. The van der Waals surface area contributed by atoms with Crippen molar-refractivity contribution in [3.63, 3.8) is 0 Å². The van der Waals surface area contributed by atoms with Crippen LogP contribution in [0.2, 0.25) is 5.02 Å². The summed E-state index contributed by atoms with van der Waals surface area (Å²) in [6.07, 6.45) is 0. The molecule has 0 radical (unpaired) electrons. The quantitative estimate of drug-likeness (QED) is 0.667. The summed E-state index contributed by atoms with van der Waals surface area (Å²) in [5, 5.41) is 14.4. The van der Waals surface area contributed by atoms with Crippen LogP contribution in [0.15, 0.2) is 36.4 Å². The van der Waals surface area contributed by atoms with Gasteiger partial charge < -0.3 is 5.32 Å². The summed E-state index contributed by atoms with van der Waals surface area (Å²) in [6, 6.07) is 10.6. The highest BCUT2D eigenvalue weighted by atomic mass is 35.5. The number of non-ortho nitro benzene ring substituents is 1. The average Bonchev–Trinajstić information content (AvgIpc) is 2.41. The Morgan fingerprint density at radius 1 is 1.25 bits per heavy atom. The zero-order valence-corrected chi connectivity index (χ0v) is 12.1. The zero-order chi connectivity index (χ0) is 14.7. The van der Waals surface area contributed by atoms with Crippen LogP contribution in [-0.2, 0) is 6.54 Å². The fourth-order valence-electron chi connectivity index (χ4n) is 1.93. The number of hydrogen-bond acceptors (Lipinski definition) is 3. The van der Waals surface area contributed by atoms with Crippen molar-refractivity contribution in [2.24, 2.45) is 0 Å². The molecule has 0 unspecified atom stereocenters. The molecule has 104 valence electrons. The van der Waals surface area contributed by atoms with Gasteiger partial charge >= 0.3 is 0 Å². The molecule has 2 rings (SSSR count). The minimum atomic E-state index is -0.451. The van der Waals surface area contributed by atoms with E-state index in [-0.39, 0.29) is 5.69 Å². The second-order valence-electron chi connectivity index (χ2n) is 4.63. The van der Waals surface area contributed by atoms with E-state index in [4.69, 9.17) is 11.6 Å². The van der Waals surface area contributed by atoms with Crippen molar-refractivity contribution in [1.29, 1.82) is 0 Å². The Balaban J connectivity index is 2.15. The van der Waals surface area contributed by atoms with Gasteiger partial charge in [-0.1, -0.05) is 23.7 Å². The summed E-state index contributed by atoms with van der Waals surface area (Å²) >= 11 is 6.07. The molecule has 2 aromatic rings. The van der Waals surface area contributed by atoms with E-state index in [9.17, 15) is 10.1 Å². The molecule has 0 aliphatic carbocycles. The molecule has 0 atom stereocenters. The Morgan fingerprint density at radius 2 is 2.00 bits per heavy atom. The van der Waals surface area contributed by atoms with Crippen molar-refractivity contribution in [3.05, 3.63) is 68.2 Å². The van der Waals surface area contributed by atoms with E-state index in [1.165, 1.54) is 23.3 Å². The molecule has 2 aromatic carbocycles. The number of nitro groups is 1. The van der Waals surface area contributed by atoms with Gasteiger partial charge in [-0.15, -0.1) is 0 Å². The lowest BCUT2D eigenvalue weighted by molar-refractivity contribution is -0.384. The van der Waals surface area contributed by atoms with Crippen molar-refractivity contribution in [2.45, 2.75) is 20.4 Å². The van der Waals surface area contributed by atoms with Crippen LogP contribution in [0.25, 0.3) is 0 Å². The molecule has 0 saturated heterocycles. The van der Waals surface area contributed by atoms with Crippen LogP contribution in [0, 0.1) is 24.0 Å². The fraction of sp³-hybridized carbons (Fsp3) is 0.200. The van der Waals surface area contributed by atoms with Gasteiger partial charge in [0.05, 0.1) is 9.95 Å². The standard InChI is InChI=1S/C15H15ClN2O2/c1-10-4-3-5-15(11(10)2)17-9-12-6-7-13(18(19)20)8-14(12)16/h3-8,17H,9H2,1-2H3.